The van der Waals surface area contributed by atoms with Gasteiger partial charge in [0, 0.05) is 25.4 Å². The molecule has 2 aromatic carbocycles. The molecule has 2 aliphatic rings. The lowest BCUT2D eigenvalue weighted by Gasteiger charge is -2.38. The number of benzene rings is 2. The zero-order valence-electron chi connectivity index (χ0n) is 18.0. The van der Waals surface area contributed by atoms with Gasteiger partial charge in [-0.1, -0.05) is 24.4 Å². The van der Waals surface area contributed by atoms with Gasteiger partial charge in [-0.25, -0.2) is 13.6 Å². The van der Waals surface area contributed by atoms with Gasteiger partial charge in [0.25, 0.3) is 0 Å². The van der Waals surface area contributed by atoms with Gasteiger partial charge >= 0.3 is 5.97 Å². The van der Waals surface area contributed by atoms with Crippen LogP contribution in [0.2, 0.25) is 6.55 Å². The van der Waals surface area contributed by atoms with Crippen molar-refractivity contribution >= 4 is 36.2 Å². The highest BCUT2D eigenvalue weighted by Gasteiger charge is 2.42. The minimum atomic E-state index is -2.48. The van der Waals surface area contributed by atoms with Crippen LogP contribution in [0.15, 0.2) is 76.6 Å². The van der Waals surface area contributed by atoms with Gasteiger partial charge in [0.2, 0.25) is 0 Å². The summed E-state index contributed by atoms with van der Waals surface area (Å²) < 4.78 is 30.5. The third-order valence-corrected chi connectivity index (χ3v) is 10.1. The van der Waals surface area contributed by atoms with Crippen molar-refractivity contribution in [1.82, 2.24) is 0 Å². The third-order valence-electron chi connectivity index (χ3n) is 6.17. The number of nitrogens with zero attached hydrogens (tertiary/aromatic N) is 1. The Hall–Kier alpha value is -3.58. The van der Waals surface area contributed by atoms with Crippen molar-refractivity contribution in [1.29, 1.82) is 0 Å². The van der Waals surface area contributed by atoms with E-state index in [1.807, 2.05) is 49.2 Å². The Kier molecular flexibility index (Phi) is 5.30. The van der Waals surface area contributed by atoms with Crippen molar-refractivity contribution in [3.05, 3.63) is 99.9 Å². The van der Waals surface area contributed by atoms with Crippen LogP contribution in [0.4, 0.5) is 14.5 Å². The van der Waals surface area contributed by atoms with E-state index in [0.29, 0.717) is 16.7 Å². The van der Waals surface area contributed by atoms with Crippen LogP contribution < -0.4 is 10.5 Å². The van der Waals surface area contributed by atoms with Crippen molar-refractivity contribution in [2.75, 3.05) is 19.4 Å². The molecule has 4 rings (SSSR count). The number of halogens is 2. The summed E-state index contributed by atoms with van der Waals surface area (Å²) in [7, 11) is 1.03. The van der Waals surface area contributed by atoms with Crippen LogP contribution in [0.3, 0.4) is 0 Å². The highest BCUT2D eigenvalue weighted by molar-refractivity contribution is 7.02. The smallest absolute Gasteiger partial charge is 0.335 e. The molecule has 0 radical (unpaired) electrons. The second kappa shape index (κ2) is 7.83. The van der Waals surface area contributed by atoms with E-state index < -0.39 is 31.2 Å². The van der Waals surface area contributed by atoms with Crippen molar-refractivity contribution in [2.45, 2.75) is 6.55 Å². The summed E-state index contributed by atoms with van der Waals surface area (Å²) in [5.74, 6) is -3.22. The van der Waals surface area contributed by atoms with E-state index in [0.717, 1.165) is 33.9 Å². The number of carboxylic acid groups (broad SMARTS) is 1. The number of allylic oxidation sites excluding steroid dienone is 5. The predicted molar refractivity (Wildman–Crippen MR) is 127 cm³/mol. The van der Waals surface area contributed by atoms with Gasteiger partial charge in [-0.3, -0.25) is 4.99 Å². The fourth-order valence-corrected chi connectivity index (χ4v) is 7.55. The summed E-state index contributed by atoms with van der Waals surface area (Å²) in [4.78, 5) is 15.6. The molecule has 1 aliphatic heterocycles. The number of carboxylic acids is 1. The Balaban J connectivity index is 2.15. The maximum Gasteiger partial charge on any atom is 0.335 e. The number of nitrogens with one attached hydrogen (secondary N) is 1. The first-order valence-electron chi connectivity index (χ1n) is 10.1. The fourth-order valence-electron chi connectivity index (χ4n) is 4.38. The Morgan fingerprint density at radius 3 is 2.44 bits per heavy atom. The van der Waals surface area contributed by atoms with Crippen LogP contribution in [0.25, 0.3) is 5.57 Å². The van der Waals surface area contributed by atoms with Gasteiger partial charge in [-0.05, 0) is 57.9 Å². The Morgan fingerprint density at radius 2 is 1.88 bits per heavy atom. The molecule has 0 saturated carbocycles. The van der Waals surface area contributed by atoms with E-state index in [1.165, 1.54) is 0 Å². The van der Waals surface area contributed by atoms with E-state index in [-0.39, 0.29) is 5.56 Å². The highest BCUT2D eigenvalue weighted by atomic mass is 28.3. The normalized spacial score (nSPS) is 20.5. The number of aliphatic imine (C=N–C) groups is 1. The molecular weight excluding hydrogens is 426 g/mol. The number of anilines is 1. The standard InChI is InChI=1S/C25H22F2N2O2Si/c1-5-32(4)21-12-15(28-2)6-8-17(21)23(18-9-7-16(29-3)13-22(18)32)24-19(26)10-14(25(30)31)11-20(24)27/h5-13,28H,1H2,2-4H3,(H,30,31)/b29-16+. The van der Waals surface area contributed by atoms with Gasteiger partial charge in [-0.15, -0.1) is 6.58 Å². The monoisotopic (exact) mass is 448 g/mol. The van der Waals surface area contributed by atoms with Crippen LogP contribution in [0, 0.1) is 11.6 Å². The Labute approximate surface area is 186 Å². The molecular formula is C25H22F2N2O2Si. The Bertz CT molecular complexity index is 1280. The van der Waals surface area contributed by atoms with Crippen LogP contribution in [0.1, 0.15) is 21.5 Å². The van der Waals surface area contributed by atoms with Crippen LogP contribution in [-0.4, -0.2) is 39.0 Å². The summed E-state index contributed by atoms with van der Waals surface area (Å²) in [6, 6.07) is 7.45. The summed E-state index contributed by atoms with van der Waals surface area (Å²) >= 11 is 0. The highest BCUT2D eigenvalue weighted by Crippen LogP contribution is 2.43. The zero-order valence-corrected chi connectivity index (χ0v) is 19.0. The van der Waals surface area contributed by atoms with Crippen molar-refractivity contribution < 1.29 is 18.7 Å². The van der Waals surface area contributed by atoms with Crippen LogP contribution in [-0.2, 0) is 0 Å². The van der Waals surface area contributed by atoms with E-state index in [2.05, 4.69) is 23.4 Å². The largest absolute Gasteiger partial charge is 0.478 e. The molecule has 1 atom stereocenters. The molecule has 0 amide bonds. The Morgan fingerprint density at radius 1 is 1.19 bits per heavy atom. The topological polar surface area (TPSA) is 61.7 Å². The first-order chi connectivity index (χ1) is 15.2. The maximum atomic E-state index is 15.2. The molecule has 162 valence electrons. The van der Waals surface area contributed by atoms with E-state index in [9.17, 15) is 9.90 Å². The lowest BCUT2D eigenvalue weighted by molar-refractivity contribution is 0.0695. The lowest BCUT2D eigenvalue weighted by Crippen LogP contribution is -2.50. The van der Waals surface area contributed by atoms with Gasteiger partial charge < -0.3 is 10.4 Å². The third kappa shape index (κ3) is 3.17. The van der Waals surface area contributed by atoms with Gasteiger partial charge in [0.1, 0.15) is 19.7 Å². The zero-order chi connectivity index (χ0) is 23.2. The number of fused-ring (bicyclic) bond motifs is 2. The lowest BCUT2D eigenvalue weighted by atomic mass is 9.88. The number of rotatable bonds is 4. The van der Waals surface area contributed by atoms with Crippen molar-refractivity contribution in [2.24, 2.45) is 4.99 Å². The average Bonchev–Trinajstić information content (AvgIpc) is 2.79. The molecule has 7 heteroatoms. The van der Waals surface area contributed by atoms with E-state index >= 15 is 8.78 Å². The molecule has 2 N–H and O–H groups in total. The number of hydrogen-bond donors (Lipinski definition) is 2. The summed E-state index contributed by atoms with van der Waals surface area (Å²) in [6.45, 7) is 6.26. The summed E-state index contributed by atoms with van der Waals surface area (Å²) in [5.41, 5.74) is 4.75. The second-order valence-electron chi connectivity index (χ2n) is 7.87. The van der Waals surface area contributed by atoms with Gasteiger partial charge in [0.15, 0.2) is 0 Å². The molecule has 4 nitrogen and oxygen atoms in total. The first-order valence-corrected chi connectivity index (χ1v) is 12.6. The summed E-state index contributed by atoms with van der Waals surface area (Å²) in [5, 5.41) is 14.3. The molecule has 1 unspecified atom stereocenters. The molecule has 2 aromatic rings. The number of carbonyl (C=O) groups is 1. The minimum absolute atomic E-state index is 0.240. The number of hydrogen-bond acceptors (Lipinski definition) is 3. The summed E-state index contributed by atoms with van der Waals surface area (Å²) in [6.07, 6.45) is 5.60. The predicted octanol–water partition coefficient (Wildman–Crippen LogP) is 4.64. The SMILES string of the molecule is C=C[Si]1(C)C2=C/C(=N/C)C=CC2=C(c2c(F)cc(C(=O)O)cc2F)c2ccc(NC)cc21. The molecule has 0 saturated heterocycles. The average molecular weight is 449 g/mol. The van der Waals surface area contributed by atoms with Crippen LogP contribution in [0.5, 0.6) is 0 Å². The molecule has 32 heavy (non-hydrogen) atoms. The molecule has 1 heterocycles. The second-order valence-corrected chi connectivity index (χ2v) is 11.8. The quantitative estimate of drug-likeness (QED) is 0.670. The fraction of sp³-hybridized carbons (Fsp3) is 0.120. The molecule has 0 spiro atoms. The molecule has 0 aromatic heterocycles. The molecule has 0 fully saturated rings. The molecule has 1 aliphatic carbocycles. The maximum absolute atomic E-state index is 15.2. The first kappa shape index (κ1) is 21.6. The molecule has 0 bridgehead atoms. The van der Waals surface area contributed by atoms with Crippen molar-refractivity contribution in [3.8, 4) is 0 Å². The van der Waals surface area contributed by atoms with Crippen molar-refractivity contribution in [3.63, 3.8) is 0 Å². The van der Waals surface area contributed by atoms with Gasteiger partial charge in [-0.2, -0.15) is 0 Å². The minimum Gasteiger partial charge on any atom is -0.478 e. The van der Waals surface area contributed by atoms with E-state index in [4.69, 9.17) is 0 Å². The van der Waals surface area contributed by atoms with E-state index in [1.54, 1.807) is 7.05 Å². The van der Waals surface area contributed by atoms with Crippen LogP contribution >= 0.6 is 0 Å². The number of aromatic carboxylic acids is 1. The van der Waals surface area contributed by atoms with Gasteiger partial charge in [0.05, 0.1) is 16.8 Å².